The van der Waals surface area contributed by atoms with Crippen molar-refractivity contribution >= 4 is 11.9 Å². The van der Waals surface area contributed by atoms with E-state index < -0.39 is 5.97 Å². The Hall–Kier alpha value is -1.88. The van der Waals surface area contributed by atoms with E-state index in [1.165, 1.54) is 0 Å². The second kappa shape index (κ2) is 5.84. The Balaban J connectivity index is 1.96. The maximum absolute atomic E-state index is 11.6. The molecule has 0 unspecified atom stereocenters. The number of carbonyl (C=O) groups is 2. The molecule has 0 saturated heterocycles. The van der Waals surface area contributed by atoms with E-state index in [1.807, 2.05) is 17.9 Å². The topological polar surface area (TPSA) is 69.6 Å². The maximum atomic E-state index is 11.6. The van der Waals surface area contributed by atoms with Crippen LogP contribution in [0.1, 0.15) is 34.8 Å². The predicted molar refractivity (Wildman–Crippen MR) is 70.8 cm³/mol. The summed E-state index contributed by atoms with van der Waals surface area (Å²) in [5.74, 6) is -0.893. The number of hydrogen-bond donors (Lipinski definition) is 2. The molecule has 0 bridgehead atoms. The molecule has 1 aliphatic rings. The van der Waals surface area contributed by atoms with Crippen molar-refractivity contribution in [2.75, 3.05) is 13.1 Å². The van der Waals surface area contributed by atoms with Gasteiger partial charge in [-0.15, -0.1) is 0 Å². The lowest BCUT2D eigenvalue weighted by molar-refractivity contribution is -0.122. The largest absolute Gasteiger partial charge is 0.478 e. The SMILES string of the molecule is CCCNC(=O)CN1Cc2ccc(C(=O)O)cc2C1. The highest BCUT2D eigenvalue weighted by Gasteiger charge is 2.21. The summed E-state index contributed by atoms with van der Waals surface area (Å²) in [6.45, 7) is 4.41. The van der Waals surface area contributed by atoms with E-state index in [4.69, 9.17) is 5.11 Å². The van der Waals surface area contributed by atoms with Crippen LogP contribution in [0, 0.1) is 0 Å². The number of benzene rings is 1. The standard InChI is InChI=1S/C14H18N2O3/c1-2-5-15-13(17)9-16-7-11-4-3-10(14(18)19)6-12(11)8-16/h3-4,6H,2,5,7-9H2,1H3,(H,15,17)(H,18,19). The molecule has 5 heteroatoms. The van der Waals surface area contributed by atoms with Crippen LogP contribution in [0.5, 0.6) is 0 Å². The van der Waals surface area contributed by atoms with Gasteiger partial charge in [0.15, 0.2) is 0 Å². The van der Waals surface area contributed by atoms with Gasteiger partial charge < -0.3 is 10.4 Å². The Morgan fingerprint density at radius 1 is 1.32 bits per heavy atom. The molecule has 19 heavy (non-hydrogen) atoms. The van der Waals surface area contributed by atoms with Crippen LogP contribution in [-0.2, 0) is 17.9 Å². The van der Waals surface area contributed by atoms with E-state index >= 15 is 0 Å². The Kier molecular flexibility index (Phi) is 4.16. The van der Waals surface area contributed by atoms with Crippen molar-refractivity contribution in [2.24, 2.45) is 0 Å². The minimum absolute atomic E-state index is 0.0214. The van der Waals surface area contributed by atoms with Gasteiger partial charge in [0, 0.05) is 19.6 Å². The van der Waals surface area contributed by atoms with E-state index in [2.05, 4.69) is 5.32 Å². The van der Waals surface area contributed by atoms with Crippen LogP contribution in [0.4, 0.5) is 0 Å². The molecule has 1 heterocycles. The zero-order valence-electron chi connectivity index (χ0n) is 11.0. The smallest absolute Gasteiger partial charge is 0.335 e. The molecule has 0 fully saturated rings. The Bertz CT molecular complexity index is 499. The molecule has 0 spiro atoms. The third-order valence-corrected chi connectivity index (χ3v) is 3.18. The molecular formula is C14H18N2O3. The lowest BCUT2D eigenvalue weighted by atomic mass is 10.1. The fourth-order valence-electron chi connectivity index (χ4n) is 2.23. The first-order chi connectivity index (χ1) is 9.10. The average Bonchev–Trinajstić information content (AvgIpc) is 2.77. The van der Waals surface area contributed by atoms with Gasteiger partial charge in [0.2, 0.25) is 5.91 Å². The summed E-state index contributed by atoms with van der Waals surface area (Å²) in [5.41, 5.74) is 2.41. The molecule has 5 nitrogen and oxygen atoms in total. The number of fused-ring (bicyclic) bond motifs is 1. The molecule has 0 atom stereocenters. The first kappa shape index (κ1) is 13.5. The predicted octanol–water partition coefficient (Wildman–Crippen LogP) is 1.23. The second-order valence-corrected chi connectivity index (χ2v) is 4.78. The summed E-state index contributed by atoms with van der Waals surface area (Å²) in [7, 11) is 0. The van der Waals surface area contributed by atoms with E-state index in [9.17, 15) is 9.59 Å². The quantitative estimate of drug-likeness (QED) is 0.837. The molecule has 0 radical (unpaired) electrons. The van der Waals surface area contributed by atoms with Gasteiger partial charge in [0.1, 0.15) is 0 Å². The van der Waals surface area contributed by atoms with Gasteiger partial charge in [0.25, 0.3) is 0 Å². The van der Waals surface area contributed by atoms with E-state index in [1.54, 1.807) is 12.1 Å². The van der Waals surface area contributed by atoms with E-state index in [-0.39, 0.29) is 5.91 Å². The summed E-state index contributed by atoms with van der Waals surface area (Å²) in [6, 6.07) is 5.15. The minimum Gasteiger partial charge on any atom is -0.478 e. The molecule has 102 valence electrons. The third-order valence-electron chi connectivity index (χ3n) is 3.18. The van der Waals surface area contributed by atoms with Crippen molar-refractivity contribution in [3.8, 4) is 0 Å². The zero-order chi connectivity index (χ0) is 13.8. The van der Waals surface area contributed by atoms with Gasteiger partial charge in [0.05, 0.1) is 12.1 Å². The van der Waals surface area contributed by atoms with Crippen LogP contribution in [0.2, 0.25) is 0 Å². The Morgan fingerprint density at radius 3 is 2.74 bits per heavy atom. The van der Waals surface area contributed by atoms with Crippen molar-refractivity contribution in [3.05, 3.63) is 34.9 Å². The molecule has 1 amide bonds. The van der Waals surface area contributed by atoms with Gasteiger partial charge in [-0.3, -0.25) is 9.69 Å². The van der Waals surface area contributed by atoms with Crippen molar-refractivity contribution in [3.63, 3.8) is 0 Å². The summed E-state index contributed by atoms with van der Waals surface area (Å²) >= 11 is 0. The van der Waals surface area contributed by atoms with Crippen LogP contribution >= 0.6 is 0 Å². The van der Waals surface area contributed by atoms with Crippen molar-refractivity contribution in [1.82, 2.24) is 10.2 Å². The number of hydrogen-bond acceptors (Lipinski definition) is 3. The molecule has 1 aromatic carbocycles. The van der Waals surface area contributed by atoms with Gasteiger partial charge in [-0.25, -0.2) is 4.79 Å². The summed E-state index contributed by atoms with van der Waals surface area (Å²) in [5, 5.41) is 11.8. The average molecular weight is 262 g/mol. The van der Waals surface area contributed by atoms with E-state index in [0.717, 1.165) is 17.5 Å². The van der Waals surface area contributed by atoms with E-state index in [0.29, 0.717) is 31.7 Å². The molecule has 1 aliphatic heterocycles. The highest BCUT2D eigenvalue weighted by atomic mass is 16.4. The number of aromatic carboxylic acids is 1. The second-order valence-electron chi connectivity index (χ2n) is 4.78. The summed E-state index contributed by atoms with van der Waals surface area (Å²) in [4.78, 5) is 24.6. The number of nitrogens with zero attached hydrogens (tertiary/aromatic N) is 1. The minimum atomic E-state index is -0.915. The molecule has 0 saturated carbocycles. The zero-order valence-corrected chi connectivity index (χ0v) is 11.0. The van der Waals surface area contributed by atoms with Crippen molar-refractivity contribution in [1.29, 1.82) is 0 Å². The molecule has 0 aliphatic carbocycles. The number of amides is 1. The first-order valence-electron chi connectivity index (χ1n) is 6.44. The molecule has 2 N–H and O–H groups in total. The molecule has 1 aromatic rings. The Labute approximate surface area is 112 Å². The molecule has 2 rings (SSSR count). The number of carboxylic acids is 1. The third kappa shape index (κ3) is 3.32. The Morgan fingerprint density at radius 2 is 2.05 bits per heavy atom. The maximum Gasteiger partial charge on any atom is 0.335 e. The highest BCUT2D eigenvalue weighted by molar-refractivity contribution is 5.88. The van der Waals surface area contributed by atoms with Crippen LogP contribution in [0.15, 0.2) is 18.2 Å². The lowest BCUT2D eigenvalue weighted by Gasteiger charge is -2.13. The highest BCUT2D eigenvalue weighted by Crippen LogP contribution is 2.23. The van der Waals surface area contributed by atoms with Crippen LogP contribution in [0.25, 0.3) is 0 Å². The van der Waals surface area contributed by atoms with Crippen LogP contribution < -0.4 is 5.32 Å². The van der Waals surface area contributed by atoms with Gasteiger partial charge in [-0.2, -0.15) is 0 Å². The number of nitrogens with one attached hydrogen (secondary N) is 1. The first-order valence-corrected chi connectivity index (χ1v) is 6.44. The van der Waals surface area contributed by atoms with Crippen molar-refractivity contribution in [2.45, 2.75) is 26.4 Å². The lowest BCUT2D eigenvalue weighted by Crippen LogP contribution is -2.34. The van der Waals surface area contributed by atoms with Gasteiger partial charge >= 0.3 is 5.97 Å². The fourth-order valence-corrected chi connectivity index (χ4v) is 2.23. The number of rotatable bonds is 5. The summed E-state index contributed by atoms with van der Waals surface area (Å²) in [6.07, 6.45) is 0.925. The summed E-state index contributed by atoms with van der Waals surface area (Å²) < 4.78 is 0. The molecule has 0 aromatic heterocycles. The van der Waals surface area contributed by atoms with Crippen molar-refractivity contribution < 1.29 is 14.7 Å². The van der Waals surface area contributed by atoms with Gasteiger partial charge in [-0.05, 0) is 29.7 Å². The molecular weight excluding hydrogens is 244 g/mol. The number of carbonyl (C=O) groups excluding carboxylic acids is 1. The van der Waals surface area contributed by atoms with Gasteiger partial charge in [-0.1, -0.05) is 13.0 Å². The normalized spacial score (nSPS) is 14.2. The van der Waals surface area contributed by atoms with Crippen LogP contribution in [0.3, 0.4) is 0 Å². The number of carboxylic acid groups (broad SMARTS) is 1. The monoisotopic (exact) mass is 262 g/mol. The fraction of sp³-hybridized carbons (Fsp3) is 0.429. The van der Waals surface area contributed by atoms with Crippen LogP contribution in [-0.4, -0.2) is 35.0 Å².